The van der Waals surface area contributed by atoms with Crippen molar-refractivity contribution in [3.05, 3.63) is 89.4 Å². The zero-order valence-corrected chi connectivity index (χ0v) is 16.6. The second-order valence-corrected chi connectivity index (χ2v) is 7.26. The molecule has 28 heavy (non-hydrogen) atoms. The monoisotopic (exact) mass is 377 g/mol. The summed E-state index contributed by atoms with van der Waals surface area (Å²) < 4.78 is 11.0. The van der Waals surface area contributed by atoms with Crippen LogP contribution in [0.5, 0.6) is 5.75 Å². The summed E-state index contributed by atoms with van der Waals surface area (Å²) in [6.07, 6.45) is 2.11. The van der Waals surface area contributed by atoms with Crippen molar-refractivity contribution in [2.24, 2.45) is 0 Å². The zero-order valence-electron chi connectivity index (χ0n) is 16.6. The Hall–Kier alpha value is -3.01. The van der Waals surface area contributed by atoms with Gasteiger partial charge in [-0.1, -0.05) is 42.0 Å². The number of carbonyl (C=O) groups is 1. The molecule has 4 nitrogen and oxygen atoms in total. The molecule has 0 saturated carbocycles. The minimum absolute atomic E-state index is 0.00974. The van der Waals surface area contributed by atoms with E-state index in [1.807, 2.05) is 50.2 Å². The molecular weight excluding hydrogens is 350 g/mol. The molecule has 1 atom stereocenters. The number of nitrogens with one attached hydrogen (secondary N) is 1. The maximum absolute atomic E-state index is 12.6. The number of carbonyl (C=O) groups excluding carboxylic acids is 1. The van der Waals surface area contributed by atoms with Gasteiger partial charge in [0.2, 0.25) is 5.91 Å². The molecule has 0 saturated heterocycles. The van der Waals surface area contributed by atoms with Crippen molar-refractivity contribution in [1.82, 2.24) is 5.32 Å². The summed E-state index contributed by atoms with van der Waals surface area (Å²) in [5.41, 5.74) is 3.41. The molecule has 0 aliphatic heterocycles. The lowest BCUT2D eigenvalue weighted by Crippen LogP contribution is -2.24. The molecule has 3 aromatic rings. The highest BCUT2D eigenvalue weighted by atomic mass is 16.5. The first-order chi connectivity index (χ1) is 13.5. The summed E-state index contributed by atoms with van der Waals surface area (Å²) in [4.78, 5) is 12.6. The van der Waals surface area contributed by atoms with Crippen LogP contribution >= 0.6 is 0 Å². The molecule has 0 aliphatic carbocycles. The molecule has 0 unspecified atom stereocenters. The first-order valence-electron chi connectivity index (χ1n) is 9.63. The Labute approximate surface area is 166 Å². The topological polar surface area (TPSA) is 51.5 Å². The Kier molecular flexibility index (Phi) is 6.53. The van der Waals surface area contributed by atoms with Crippen molar-refractivity contribution in [3.8, 4) is 5.75 Å². The molecule has 0 bridgehead atoms. The van der Waals surface area contributed by atoms with Crippen LogP contribution in [0.1, 0.15) is 48.6 Å². The van der Waals surface area contributed by atoms with E-state index in [1.165, 1.54) is 5.56 Å². The Morgan fingerprint density at radius 3 is 2.21 bits per heavy atom. The SMILES string of the molecule is Cc1ccc([C@@H](CC(=O)NCc2ccco2)c2ccc(OC(C)C)cc2)cc1. The lowest BCUT2D eigenvalue weighted by molar-refractivity contribution is -0.121. The minimum Gasteiger partial charge on any atom is -0.491 e. The molecule has 0 spiro atoms. The molecule has 1 N–H and O–H groups in total. The van der Waals surface area contributed by atoms with Gasteiger partial charge in [0, 0.05) is 12.3 Å². The standard InChI is InChI=1S/C24H27NO3/c1-17(2)28-21-12-10-20(11-13-21)23(19-8-6-18(3)7-9-19)15-24(26)25-16-22-5-4-14-27-22/h4-14,17,23H,15-16H2,1-3H3,(H,25,26)/t23-/m1/s1. The van der Waals surface area contributed by atoms with Crippen molar-refractivity contribution in [2.45, 2.75) is 45.8 Å². The number of hydrogen-bond acceptors (Lipinski definition) is 3. The molecule has 1 heterocycles. The largest absolute Gasteiger partial charge is 0.491 e. The van der Waals surface area contributed by atoms with E-state index in [2.05, 4.69) is 36.5 Å². The first-order valence-corrected chi connectivity index (χ1v) is 9.63. The highest BCUT2D eigenvalue weighted by Crippen LogP contribution is 2.30. The smallest absolute Gasteiger partial charge is 0.221 e. The van der Waals surface area contributed by atoms with E-state index in [0.717, 1.165) is 22.6 Å². The molecule has 1 amide bonds. The second kappa shape index (κ2) is 9.27. The Morgan fingerprint density at radius 2 is 1.64 bits per heavy atom. The van der Waals surface area contributed by atoms with Gasteiger partial charge in [-0.3, -0.25) is 4.79 Å². The summed E-state index contributed by atoms with van der Waals surface area (Å²) in [5.74, 6) is 1.55. The van der Waals surface area contributed by atoms with Crippen molar-refractivity contribution in [2.75, 3.05) is 0 Å². The van der Waals surface area contributed by atoms with E-state index in [1.54, 1.807) is 6.26 Å². The fraction of sp³-hybridized carbons (Fsp3) is 0.292. The third-order valence-corrected chi connectivity index (χ3v) is 4.56. The molecule has 0 radical (unpaired) electrons. The first kappa shape index (κ1) is 19.7. The van der Waals surface area contributed by atoms with Crippen LogP contribution in [-0.4, -0.2) is 12.0 Å². The van der Waals surface area contributed by atoms with E-state index in [-0.39, 0.29) is 17.9 Å². The number of aryl methyl sites for hydroxylation is 1. The Morgan fingerprint density at radius 1 is 1.00 bits per heavy atom. The van der Waals surface area contributed by atoms with Gasteiger partial charge in [0.1, 0.15) is 11.5 Å². The third kappa shape index (κ3) is 5.49. The van der Waals surface area contributed by atoms with Crippen LogP contribution in [0.25, 0.3) is 0 Å². The molecular formula is C24H27NO3. The van der Waals surface area contributed by atoms with E-state index in [4.69, 9.17) is 9.15 Å². The molecule has 1 aromatic heterocycles. The molecule has 0 fully saturated rings. The zero-order chi connectivity index (χ0) is 19.9. The molecule has 3 rings (SSSR count). The summed E-state index contributed by atoms with van der Waals surface area (Å²) >= 11 is 0. The highest BCUT2D eigenvalue weighted by Gasteiger charge is 2.19. The number of benzene rings is 2. The number of ether oxygens (including phenoxy) is 1. The number of furan rings is 1. The van der Waals surface area contributed by atoms with Crippen molar-refractivity contribution in [1.29, 1.82) is 0 Å². The van der Waals surface area contributed by atoms with Gasteiger partial charge in [0.15, 0.2) is 0 Å². The molecule has 2 aromatic carbocycles. The highest BCUT2D eigenvalue weighted by molar-refractivity contribution is 5.77. The van der Waals surface area contributed by atoms with Crippen molar-refractivity contribution < 1.29 is 13.9 Å². The maximum Gasteiger partial charge on any atom is 0.221 e. The molecule has 0 aliphatic rings. The van der Waals surface area contributed by atoms with Gasteiger partial charge >= 0.3 is 0 Å². The van der Waals surface area contributed by atoms with Gasteiger partial charge in [-0.05, 0) is 56.2 Å². The fourth-order valence-electron chi connectivity index (χ4n) is 3.13. The normalized spacial score (nSPS) is 12.0. The molecule has 4 heteroatoms. The van der Waals surface area contributed by atoms with Crippen LogP contribution in [0.3, 0.4) is 0 Å². The van der Waals surface area contributed by atoms with Crippen molar-refractivity contribution in [3.63, 3.8) is 0 Å². The predicted molar refractivity (Wildman–Crippen MR) is 110 cm³/mol. The fourth-order valence-corrected chi connectivity index (χ4v) is 3.13. The van der Waals surface area contributed by atoms with Crippen LogP contribution in [0.2, 0.25) is 0 Å². The molecule has 146 valence electrons. The van der Waals surface area contributed by atoms with Gasteiger partial charge < -0.3 is 14.5 Å². The van der Waals surface area contributed by atoms with Crippen LogP contribution in [-0.2, 0) is 11.3 Å². The van der Waals surface area contributed by atoms with Gasteiger partial charge in [0.05, 0.1) is 18.9 Å². The van der Waals surface area contributed by atoms with Crippen LogP contribution in [0.15, 0.2) is 71.3 Å². The van der Waals surface area contributed by atoms with Crippen LogP contribution < -0.4 is 10.1 Å². The minimum atomic E-state index is -0.0229. The number of rotatable bonds is 8. The van der Waals surface area contributed by atoms with Gasteiger partial charge in [0.25, 0.3) is 0 Å². The summed E-state index contributed by atoms with van der Waals surface area (Å²) in [6, 6.07) is 20.1. The van der Waals surface area contributed by atoms with Gasteiger partial charge in [-0.25, -0.2) is 0 Å². The third-order valence-electron chi connectivity index (χ3n) is 4.56. The van der Waals surface area contributed by atoms with Crippen molar-refractivity contribution >= 4 is 5.91 Å². The average molecular weight is 377 g/mol. The quantitative estimate of drug-likeness (QED) is 0.586. The predicted octanol–water partition coefficient (Wildman–Crippen LogP) is 5.21. The average Bonchev–Trinajstić information content (AvgIpc) is 3.19. The second-order valence-electron chi connectivity index (χ2n) is 7.26. The van der Waals surface area contributed by atoms with Gasteiger partial charge in [-0.2, -0.15) is 0 Å². The van der Waals surface area contributed by atoms with E-state index in [0.29, 0.717) is 13.0 Å². The Bertz CT molecular complexity index is 865. The maximum atomic E-state index is 12.6. The lowest BCUT2D eigenvalue weighted by Gasteiger charge is -2.19. The number of hydrogen-bond donors (Lipinski definition) is 1. The van der Waals surface area contributed by atoms with Crippen LogP contribution in [0.4, 0.5) is 0 Å². The van der Waals surface area contributed by atoms with E-state index in [9.17, 15) is 4.79 Å². The summed E-state index contributed by atoms with van der Waals surface area (Å²) in [6.45, 7) is 6.47. The van der Waals surface area contributed by atoms with E-state index < -0.39 is 0 Å². The van der Waals surface area contributed by atoms with Crippen LogP contribution in [0, 0.1) is 6.92 Å². The summed E-state index contributed by atoms with van der Waals surface area (Å²) in [7, 11) is 0. The summed E-state index contributed by atoms with van der Waals surface area (Å²) in [5, 5.41) is 2.95. The lowest BCUT2D eigenvalue weighted by atomic mass is 9.88. The van der Waals surface area contributed by atoms with Gasteiger partial charge in [-0.15, -0.1) is 0 Å². The Balaban J connectivity index is 1.76. The van der Waals surface area contributed by atoms with E-state index >= 15 is 0 Å². The number of amides is 1.